The Bertz CT molecular complexity index is 767. The number of carbonyl (C=O) groups is 3. The first-order valence-electron chi connectivity index (χ1n) is 9.66. The van der Waals surface area contributed by atoms with Crippen LogP contribution in [0.25, 0.3) is 0 Å². The van der Waals surface area contributed by atoms with Crippen LogP contribution in [0, 0.1) is 5.92 Å². The summed E-state index contributed by atoms with van der Waals surface area (Å²) >= 11 is 0. The van der Waals surface area contributed by atoms with Gasteiger partial charge in [-0.2, -0.15) is 0 Å². The number of hydrogen-bond donors (Lipinski definition) is 0. The molecule has 1 atom stereocenters. The largest absolute Gasteiger partial charge is 0.486 e. The van der Waals surface area contributed by atoms with Gasteiger partial charge in [-0.15, -0.1) is 0 Å². The Morgan fingerprint density at radius 2 is 2.00 bits per heavy atom. The maximum absolute atomic E-state index is 13.0. The molecule has 1 aromatic rings. The van der Waals surface area contributed by atoms with Crippen molar-refractivity contribution < 1.29 is 33.3 Å². The molecule has 3 rings (SSSR count). The summed E-state index contributed by atoms with van der Waals surface area (Å²) in [6, 6.07) is 5.29. The SMILES string of the molecule is CCOC(=O)CN(CCOC)C(=O)C1CC(=O)N(c2ccc3c(c2)OCCO3)C1. The Morgan fingerprint density at radius 1 is 1.24 bits per heavy atom. The van der Waals surface area contributed by atoms with Gasteiger partial charge in [0.05, 0.1) is 19.1 Å². The van der Waals surface area contributed by atoms with Crippen molar-refractivity contribution >= 4 is 23.5 Å². The number of amides is 2. The average Bonchev–Trinajstić information content (AvgIpc) is 3.12. The number of hydrogen-bond acceptors (Lipinski definition) is 7. The second kappa shape index (κ2) is 9.60. The topological polar surface area (TPSA) is 94.6 Å². The van der Waals surface area contributed by atoms with Gasteiger partial charge in [0.2, 0.25) is 11.8 Å². The number of anilines is 1. The monoisotopic (exact) mass is 406 g/mol. The molecule has 0 bridgehead atoms. The molecule has 0 aromatic heterocycles. The number of nitrogens with zero attached hydrogens (tertiary/aromatic N) is 2. The molecule has 1 fully saturated rings. The van der Waals surface area contributed by atoms with Crippen molar-refractivity contribution in [3.63, 3.8) is 0 Å². The minimum absolute atomic E-state index is 0.0829. The maximum atomic E-state index is 13.0. The lowest BCUT2D eigenvalue weighted by Crippen LogP contribution is -2.42. The van der Waals surface area contributed by atoms with E-state index in [1.54, 1.807) is 30.0 Å². The summed E-state index contributed by atoms with van der Waals surface area (Å²) in [6.07, 6.45) is 0.0829. The Hall–Kier alpha value is -2.81. The zero-order valence-corrected chi connectivity index (χ0v) is 16.7. The first-order chi connectivity index (χ1) is 14.0. The lowest BCUT2D eigenvalue weighted by Gasteiger charge is -2.25. The Labute approximate surface area is 169 Å². The van der Waals surface area contributed by atoms with Gasteiger partial charge in [-0.3, -0.25) is 14.4 Å². The van der Waals surface area contributed by atoms with E-state index in [-0.39, 0.29) is 51.1 Å². The van der Waals surface area contributed by atoms with Gasteiger partial charge in [0.25, 0.3) is 0 Å². The number of methoxy groups -OCH3 is 1. The van der Waals surface area contributed by atoms with E-state index < -0.39 is 11.9 Å². The van der Waals surface area contributed by atoms with Crippen molar-refractivity contribution in [2.24, 2.45) is 5.92 Å². The van der Waals surface area contributed by atoms with Crippen LogP contribution in [-0.4, -0.2) is 75.9 Å². The van der Waals surface area contributed by atoms with Crippen molar-refractivity contribution in [2.45, 2.75) is 13.3 Å². The fourth-order valence-corrected chi connectivity index (χ4v) is 3.41. The minimum atomic E-state index is -0.540. The van der Waals surface area contributed by atoms with E-state index in [2.05, 4.69) is 0 Å². The van der Waals surface area contributed by atoms with Crippen molar-refractivity contribution in [3.05, 3.63) is 18.2 Å². The number of ether oxygens (including phenoxy) is 4. The van der Waals surface area contributed by atoms with Crippen LogP contribution in [0.5, 0.6) is 11.5 Å². The van der Waals surface area contributed by atoms with Crippen LogP contribution < -0.4 is 14.4 Å². The van der Waals surface area contributed by atoms with Crippen LogP contribution in [0.1, 0.15) is 13.3 Å². The smallest absolute Gasteiger partial charge is 0.325 e. The Balaban J connectivity index is 1.70. The molecular weight excluding hydrogens is 380 g/mol. The highest BCUT2D eigenvalue weighted by atomic mass is 16.6. The summed E-state index contributed by atoms with van der Waals surface area (Å²) in [7, 11) is 1.52. The molecular formula is C20H26N2O7. The highest BCUT2D eigenvalue weighted by Crippen LogP contribution is 2.36. The normalized spacial score (nSPS) is 17.9. The molecule has 0 N–H and O–H groups in total. The molecule has 1 saturated heterocycles. The van der Waals surface area contributed by atoms with Gasteiger partial charge in [0.1, 0.15) is 19.8 Å². The summed E-state index contributed by atoms with van der Waals surface area (Å²) in [4.78, 5) is 40.4. The van der Waals surface area contributed by atoms with Crippen LogP contribution in [-0.2, 0) is 23.9 Å². The summed E-state index contributed by atoms with van der Waals surface area (Å²) in [5, 5.41) is 0. The van der Waals surface area contributed by atoms with E-state index in [1.165, 1.54) is 12.0 Å². The van der Waals surface area contributed by atoms with Crippen molar-refractivity contribution in [1.82, 2.24) is 4.90 Å². The quantitative estimate of drug-likeness (QED) is 0.591. The number of benzene rings is 1. The van der Waals surface area contributed by atoms with Crippen LogP contribution in [0.3, 0.4) is 0 Å². The predicted octanol–water partition coefficient (Wildman–Crippen LogP) is 0.849. The molecule has 0 aliphatic carbocycles. The van der Waals surface area contributed by atoms with E-state index in [0.29, 0.717) is 30.4 Å². The number of esters is 1. The third-order valence-electron chi connectivity index (χ3n) is 4.81. The van der Waals surface area contributed by atoms with E-state index >= 15 is 0 Å². The van der Waals surface area contributed by atoms with Gasteiger partial charge in [-0.05, 0) is 19.1 Å². The molecule has 2 aliphatic heterocycles. The van der Waals surface area contributed by atoms with Gasteiger partial charge in [0, 0.05) is 38.4 Å². The number of rotatable bonds is 8. The fraction of sp³-hybridized carbons (Fsp3) is 0.550. The molecule has 29 heavy (non-hydrogen) atoms. The van der Waals surface area contributed by atoms with Gasteiger partial charge in [-0.25, -0.2) is 0 Å². The van der Waals surface area contributed by atoms with Gasteiger partial charge in [0.15, 0.2) is 11.5 Å². The molecule has 0 saturated carbocycles. The molecule has 1 unspecified atom stereocenters. The lowest BCUT2D eigenvalue weighted by molar-refractivity contribution is -0.150. The molecule has 2 aliphatic rings. The molecule has 2 heterocycles. The van der Waals surface area contributed by atoms with Gasteiger partial charge >= 0.3 is 5.97 Å². The van der Waals surface area contributed by atoms with Crippen molar-refractivity contribution in [2.75, 3.05) is 58.1 Å². The highest BCUT2D eigenvalue weighted by molar-refractivity contribution is 6.00. The van der Waals surface area contributed by atoms with E-state index in [9.17, 15) is 14.4 Å². The predicted molar refractivity (Wildman–Crippen MR) is 103 cm³/mol. The summed E-state index contributed by atoms with van der Waals surface area (Å²) in [6.45, 7) is 3.51. The highest BCUT2D eigenvalue weighted by Gasteiger charge is 2.38. The summed E-state index contributed by atoms with van der Waals surface area (Å²) in [5.74, 6) is -0.210. The molecule has 0 radical (unpaired) electrons. The second-order valence-corrected chi connectivity index (χ2v) is 6.79. The van der Waals surface area contributed by atoms with Gasteiger partial charge < -0.3 is 28.7 Å². The maximum Gasteiger partial charge on any atom is 0.325 e. The third-order valence-corrected chi connectivity index (χ3v) is 4.81. The molecule has 2 amide bonds. The lowest BCUT2D eigenvalue weighted by atomic mass is 10.1. The Kier molecular flexibility index (Phi) is 6.92. The standard InChI is InChI=1S/C20H26N2O7/c1-3-27-19(24)13-21(6-7-26-2)20(25)14-10-18(23)22(12-14)15-4-5-16-17(11-15)29-9-8-28-16/h4-5,11,14H,3,6-10,12-13H2,1-2H3. The van der Waals surface area contributed by atoms with Crippen LogP contribution >= 0.6 is 0 Å². The average molecular weight is 406 g/mol. The second-order valence-electron chi connectivity index (χ2n) is 6.79. The van der Waals surface area contributed by atoms with Crippen molar-refractivity contribution in [1.29, 1.82) is 0 Å². The Morgan fingerprint density at radius 3 is 2.72 bits per heavy atom. The van der Waals surface area contributed by atoms with Gasteiger partial charge in [-0.1, -0.05) is 0 Å². The molecule has 158 valence electrons. The zero-order valence-electron chi connectivity index (χ0n) is 16.7. The first kappa shape index (κ1) is 20.9. The third kappa shape index (κ3) is 4.97. The van der Waals surface area contributed by atoms with E-state index in [0.717, 1.165) is 0 Å². The molecule has 9 nitrogen and oxygen atoms in total. The van der Waals surface area contributed by atoms with E-state index in [4.69, 9.17) is 18.9 Å². The minimum Gasteiger partial charge on any atom is -0.486 e. The van der Waals surface area contributed by atoms with Crippen LogP contribution in [0.15, 0.2) is 18.2 Å². The summed E-state index contributed by atoms with van der Waals surface area (Å²) < 4.78 is 21.1. The first-order valence-corrected chi connectivity index (χ1v) is 9.66. The van der Waals surface area contributed by atoms with Crippen molar-refractivity contribution in [3.8, 4) is 11.5 Å². The van der Waals surface area contributed by atoms with Crippen LogP contribution in [0.4, 0.5) is 5.69 Å². The molecule has 9 heteroatoms. The number of fused-ring (bicyclic) bond motifs is 1. The van der Waals surface area contributed by atoms with Crippen LogP contribution in [0.2, 0.25) is 0 Å². The molecule has 1 aromatic carbocycles. The zero-order chi connectivity index (χ0) is 20.8. The van der Waals surface area contributed by atoms with E-state index in [1.807, 2.05) is 0 Å². The summed E-state index contributed by atoms with van der Waals surface area (Å²) in [5.41, 5.74) is 0.656. The fourth-order valence-electron chi connectivity index (χ4n) is 3.41. The molecule has 0 spiro atoms. The number of carbonyl (C=O) groups excluding carboxylic acids is 3.